The van der Waals surface area contributed by atoms with Crippen molar-refractivity contribution in [2.24, 2.45) is 0 Å². The van der Waals surface area contributed by atoms with Gasteiger partial charge in [0, 0.05) is 17.5 Å². The minimum absolute atomic E-state index is 0.165. The molecule has 0 spiro atoms. The van der Waals surface area contributed by atoms with Crippen LogP contribution in [0.5, 0.6) is 0 Å². The summed E-state index contributed by atoms with van der Waals surface area (Å²) in [6.07, 6.45) is 6.18. The molecule has 1 aromatic heterocycles. The van der Waals surface area contributed by atoms with Gasteiger partial charge in [-0.3, -0.25) is 4.79 Å². The van der Waals surface area contributed by atoms with Gasteiger partial charge in [-0.1, -0.05) is 44.0 Å². The molecule has 3 rings (SSSR count). The number of carbonyl (C=O) groups is 1. The van der Waals surface area contributed by atoms with E-state index in [-0.39, 0.29) is 16.6 Å². The van der Waals surface area contributed by atoms with Gasteiger partial charge < -0.3 is 4.74 Å². The Morgan fingerprint density at radius 2 is 2.00 bits per heavy atom. The van der Waals surface area contributed by atoms with Gasteiger partial charge in [-0.15, -0.1) is 11.8 Å². The van der Waals surface area contributed by atoms with E-state index in [1.807, 2.05) is 37.0 Å². The topological polar surface area (TPSA) is 39.2 Å². The molecule has 0 N–H and O–H groups in total. The Hall–Kier alpha value is -2.25. The monoisotopic (exact) mass is 407 g/mol. The molecular weight excluding hydrogens is 378 g/mol. The van der Waals surface area contributed by atoms with Crippen LogP contribution in [0.2, 0.25) is 0 Å². The first kappa shape index (κ1) is 21.5. The molecule has 1 aromatic carbocycles. The van der Waals surface area contributed by atoms with Crippen LogP contribution in [0.1, 0.15) is 63.3 Å². The van der Waals surface area contributed by atoms with E-state index in [1.165, 1.54) is 10.5 Å². The number of rotatable bonds is 6. The maximum atomic E-state index is 11.5. The molecule has 0 aliphatic carbocycles. The molecule has 2 aromatic rings. The van der Waals surface area contributed by atoms with Gasteiger partial charge in [0.2, 0.25) is 0 Å². The van der Waals surface area contributed by atoms with Crippen LogP contribution in [0.25, 0.3) is 0 Å². The number of nitrogens with zero attached hydrogens (tertiary/aromatic N) is 1. The van der Waals surface area contributed by atoms with Gasteiger partial charge in [0.15, 0.2) is 0 Å². The number of aryl methyl sites for hydroxylation is 1. The maximum Gasteiger partial charge on any atom is 0.306 e. The average Bonchev–Trinajstić information content (AvgIpc) is 2.76. The number of carbonyl (C=O) groups excluding carboxylic acids is 1. The minimum atomic E-state index is -0.165. The van der Waals surface area contributed by atoms with Gasteiger partial charge in [0.1, 0.15) is 5.69 Å². The first-order valence-electron chi connectivity index (χ1n) is 10.5. The first-order valence-corrected chi connectivity index (χ1v) is 11.4. The maximum absolute atomic E-state index is 11.5. The largest absolute Gasteiger partial charge is 0.466 e. The van der Waals surface area contributed by atoms with Crippen molar-refractivity contribution in [2.75, 3.05) is 6.61 Å². The molecule has 1 aliphatic heterocycles. The molecule has 0 bridgehead atoms. The molecule has 152 valence electrons. The van der Waals surface area contributed by atoms with E-state index in [0.717, 1.165) is 30.5 Å². The quantitative estimate of drug-likeness (QED) is 0.465. The van der Waals surface area contributed by atoms with Crippen LogP contribution in [-0.2, 0) is 21.4 Å². The predicted molar refractivity (Wildman–Crippen MR) is 119 cm³/mol. The van der Waals surface area contributed by atoms with Crippen molar-refractivity contribution in [1.29, 1.82) is 0 Å². The van der Waals surface area contributed by atoms with Gasteiger partial charge in [-0.05, 0) is 67.2 Å². The lowest BCUT2D eigenvalue weighted by Gasteiger charge is -2.40. The van der Waals surface area contributed by atoms with Crippen LogP contribution >= 0.6 is 11.8 Å². The van der Waals surface area contributed by atoms with Gasteiger partial charge in [-0.2, -0.15) is 0 Å². The van der Waals surface area contributed by atoms with E-state index in [2.05, 4.69) is 54.9 Å². The molecule has 0 saturated heterocycles. The highest BCUT2D eigenvalue weighted by Gasteiger charge is 2.37. The number of ether oxygens (including phenoxy) is 1. The highest BCUT2D eigenvalue weighted by Crippen LogP contribution is 2.48. The molecular formula is C25H29NO2S. The van der Waals surface area contributed by atoms with E-state index in [0.29, 0.717) is 19.4 Å². The fourth-order valence-corrected chi connectivity index (χ4v) is 5.34. The summed E-state index contributed by atoms with van der Waals surface area (Å²) in [6, 6.07) is 12.7. The number of esters is 1. The highest BCUT2D eigenvalue weighted by molar-refractivity contribution is 8.00. The summed E-state index contributed by atoms with van der Waals surface area (Å²) in [5, 5.41) is 0.273. The van der Waals surface area contributed by atoms with Crippen LogP contribution < -0.4 is 0 Å². The zero-order chi connectivity index (χ0) is 20.7. The molecule has 2 heterocycles. The second kappa shape index (κ2) is 9.98. The summed E-state index contributed by atoms with van der Waals surface area (Å²) >= 11 is 1.88. The second-order valence-corrected chi connectivity index (χ2v) is 8.66. The molecule has 0 fully saturated rings. The van der Waals surface area contributed by atoms with E-state index in [1.54, 1.807) is 0 Å². The number of pyridine rings is 1. The lowest BCUT2D eigenvalue weighted by molar-refractivity contribution is -0.143. The number of hydrogen-bond acceptors (Lipinski definition) is 4. The smallest absolute Gasteiger partial charge is 0.306 e. The molecule has 1 aliphatic rings. The molecule has 29 heavy (non-hydrogen) atoms. The average molecular weight is 408 g/mol. The van der Waals surface area contributed by atoms with Crippen molar-refractivity contribution in [3.63, 3.8) is 0 Å². The van der Waals surface area contributed by atoms with Crippen molar-refractivity contribution in [1.82, 2.24) is 4.98 Å². The van der Waals surface area contributed by atoms with Gasteiger partial charge in [0.05, 0.1) is 11.9 Å². The SMILES string of the molecule is CCOC(=O)CCc1ccc(C#CC2CC(CC)(CC)c3ccccc3S2)nc1. The molecule has 0 saturated carbocycles. The summed E-state index contributed by atoms with van der Waals surface area (Å²) in [7, 11) is 0. The summed E-state index contributed by atoms with van der Waals surface area (Å²) in [4.78, 5) is 17.3. The highest BCUT2D eigenvalue weighted by atomic mass is 32.2. The van der Waals surface area contributed by atoms with Crippen LogP contribution in [0.15, 0.2) is 47.5 Å². The minimum Gasteiger partial charge on any atom is -0.466 e. The zero-order valence-electron chi connectivity index (χ0n) is 17.5. The Kier molecular flexibility index (Phi) is 7.39. The van der Waals surface area contributed by atoms with Crippen molar-refractivity contribution in [3.05, 3.63) is 59.4 Å². The lowest BCUT2D eigenvalue weighted by atomic mass is 9.72. The van der Waals surface area contributed by atoms with Crippen LogP contribution in [0.4, 0.5) is 0 Å². The predicted octanol–water partition coefficient (Wildman–Crippen LogP) is 5.55. The van der Waals surface area contributed by atoms with E-state index in [9.17, 15) is 4.79 Å². The zero-order valence-corrected chi connectivity index (χ0v) is 18.3. The van der Waals surface area contributed by atoms with Crippen LogP contribution in [0, 0.1) is 11.8 Å². The first-order chi connectivity index (χ1) is 14.1. The van der Waals surface area contributed by atoms with E-state index >= 15 is 0 Å². The Morgan fingerprint density at radius 3 is 2.69 bits per heavy atom. The Morgan fingerprint density at radius 1 is 1.21 bits per heavy atom. The molecule has 3 nitrogen and oxygen atoms in total. The number of thioether (sulfide) groups is 1. The third-order valence-electron chi connectivity index (χ3n) is 5.77. The Bertz CT molecular complexity index is 891. The van der Waals surface area contributed by atoms with Crippen LogP contribution in [-0.4, -0.2) is 22.8 Å². The standard InChI is InChI=1S/C25H29NO2S/c1-4-25(5-2)17-21(29-23-10-8-7-9-22(23)25)15-14-20-13-11-19(18-26-20)12-16-24(27)28-6-3/h7-11,13,18,21H,4-6,12,16-17H2,1-3H3. The summed E-state index contributed by atoms with van der Waals surface area (Å²) < 4.78 is 4.97. The number of fused-ring (bicyclic) bond motifs is 1. The Labute approximate surface area is 178 Å². The summed E-state index contributed by atoms with van der Waals surface area (Å²) in [5.74, 6) is 6.57. The van der Waals surface area contributed by atoms with Gasteiger partial charge >= 0.3 is 5.97 Å². The second-order valence-electron chi connectivity index (χ2n) is 7.42. The third-order valence-corrected chi connectivity index (χ3v) is 6.95. The fraction of sp³-hybridized carbons (Fsp3) is 0.440. The number of hydrogen-bond donors (Lipinski definition) is 0. The molecule has 0 amide bonds. The van der Waals surface area contributed by atoms with Gasteiger partial charge in [-0.25, -0.2) is 4.98 Å². The summed E-state index contributed by atoms with van der Waals surface area (Å²) in [5.41, 5.74) is 3.51. The fourth-order valence-electron chi connectivity index (χ4n) is 3.95. The van der Waals surface area contributed by atoms with Crippen molar-refractivity contribution >= 4 is 17.7 Å². The van der Waals surface area contributed by atoms with Crippen LogP contribution in [0.3, 0.4) is 0 Å². The van der Waals surface area contributed by atoms with Crippen molar-refractivity contribution < 1.29 is 9.53 Å². The normalized spacial score (nSPS) is 17.0. The van der Waals surface area contributed by atoms with E-state index < -0.39 is 0 Å². The van der Waals surface area contributed by atoms with E-state index in [4.69, 9.17) is 4.74 Å². The molecule has 1 unspecified atom stereocenters. The lowest BCUT2D eigenvalue weighted by Crippen LogP contribution is -2.32. The third kappa shape index (κ3) is 5.22. The van der Waals surface area contributed by atoms with Gasteiger partial charge in [0.25, 0.3) is 0 Å². The molecule has 4 heteroatoms. The summed E-state index contributed by atoms with van der Waals surface area (Å²) in [6.45, 7) is 6.82. The molecule has 1 atom stereocenters. The number of aromatic nitrogens is 1. The Balaban J connectivity index is 1.69. The number of benzene rings is 1. The van der Waals surface area contributed by atoms with Crippen molar-refractivity contribution in [3.8, 4) is 11.8 Å². The molecule has 0 radical (unpaired) electrons. The van der Waals surface area contributed by atoms with Crippen molar-refractivity contribution in [2.45, 2.75) is 68.4 Å².